The first-order valence-corrected chi connectivity index (χ1v) is 16.7. The number of amides is 2. The van der Waals surface area contributed by atoms with Crippen molar-refractivity contribution in [3.8, 4) is 11.1 Å². The van der Waals surface area contributed by atoms with E-state index in [0.717, 1.165) is 42.6 Å². The van der Waals surface area contributed by atoms with Crippen LogP contribution in [0.25, 0.3) is 22.0 Å². The van der Waals surface area contributed by atoms with Crippen molar-refractivity contribution in [3.05, 3.63) is 77.1 Å². The number of pyridine rings is 1. The third-order valence-corrected chi connectivity index (χ3v) is 9.67. The number of hydrogen-bond donors (Lipinski definition) is 1. The summed E-state index contributed by atoms with van der Waals surface area (Å²) in [6, 6.07) is 8.67. The molecule has 3 aromatic heterocycles. The third-order valence-electron chi connectivity index (χ3n) is 9.23. The molecule has 1 aliphatic heterocycles. The molecule has 11 nitrogen and oxygen atoms in total. The van der Waals surface area contributed by atoms with Crippen molar-refractivity contribution in [2.75, 3.05) is 25.5 Å². The number of anilines is 1. The number of nitrogens with zero attached hydrogens (tertiary/aromatic N) is 7. The van der Waals surface area contributed by atoms with Crippen LogP contribution in [0, 0.1) is 12.3 Å². The van der Waals surface area contributed by atoms with Crippen molar-refractivity contribution in [2.45, 2.75) is 65.1 Å². The monoisotopic (exact) mass is 698 g/mol. The number of Topliss-reactive ketones (excluding diaryl/α,β-unsaturated/α-hetero) is 1. The van der Waals surface area contributed by atoms with Crippen LogP contribution >= 0.6 is 15.9 Å². The quantitative estimate of drug-likeness (QED) is 0.121. The van der Waals surface area contributed by atoms with Gasteiger partial charge in [-0.25, -0.2) is 15.0 Å². The Morgan fingerprint density at radius 2 is 1.91 bits per heavy atom. The van der Waals surface area contributed by atoms with E-state index in [9.17, 15) is 14.4 Å². The second-order valence-electron chi connectivity index (χ2n) is 12.8. The normalized spacial score (nSPS) is 20.0. The minimum atomic E-state index is -0.670. The van der Waals surface area contributed by atoms with Gasteiger partial charge in [0.1, 0.15) is 34.5 Å². The molecular formula is C35H39BrN8O3. The van der Waals surface area contributed by atoms with E-state index in [1.54, 1.807) is 28.1 Å². The average Bonchev–Trinajstić information content (AvgIpc) is 3.43. The SMILES string of the molecule is C=CCc1ccc(Br)nc1NC(=O)[C@@H]1C[C@@]2(CN(C)CCC)C[C@H]2N1C(=O)Cn1nc(C(C)=O)c2cc(-c3cnc(C)nc3)ccc21. The van der Waals surface area contributed by atoms with Crippen LogP contribution in [0.2, 0.25) is 0 Å². The molecule has 0 unspecified atom stereocenters. The molecule has 244 valence electrons. The Hall–Kier alpha value is -4.29. The van der Waals surface area contributed by atoms with Gasteiger partial charge in [0, 0.05) is 48.3 Å². The van der Waals surface area contributed by atoms with Gasteiger partial charge in [-0.1, -0.05) is 25.1 Å². The Labute approximate surface area is 282 Å². The maximum atomic E-state index is 14.3. The number of aryl methyl sites for hydroxylation is 1. The van der Waals surface area contributed by atoms with Gasteiger partial charge in [0.25, 0.3) is 0 Å². The van der Waals surface area contributed by atoms with E-state index in [4.69, 9.17) is 0 Å². The molecule has 47 heavy (non-hydrogen) atoms. The zero-order chi connectivity index (χ0) is 33.5. The molecule has 1 aliphatic carbocycles. The molecule has 0 radical (unpaired) electrons. The van der Waals surface area contributed by atoms with Gasteiger partial charge in [-0.15, -0.1) is 6.58 Å². The fourth-order valence-corrected chi connectivity index (χ4v) is 7.33. The lowest BCUT2D eigenvalue weighted by atomic mass is 9.98. The summed E-state index contributed by atoms with van der Waals surface area (Å²) in [7, 11) is 2.09. The number of fused-ring (bicyclic) bond motifs is 2. The van der Waals surface area contributed by atoms with Gasteiger partial charge < -0.3 is 15.1 Å². The summed E-state index contributed by atoms with van der Waals surface area (Å²) < 4.78 is 2.19. The van der Waals surface area contributed by atoms with Gasteiger partial charge in [-0.2, -0.15) is 5.10 Å². The van der Waals surface area contributed by atoms with Crippen molar-refractivity contribution in [1.29, 1.82) is 0 Å². The van der Waals surface area contributed by atoms with Crippen molar-refractivity contribution in [3.63, 3.8) is 0 Å². The highest BCUT2D eigenvalue weighted by atomic mass is 79.9. The minimum absolute atomic E-state index is 0.0598. The van der Waals surface area contributed by atoms with Crippen LogP contribution in [0.15, 0.2) is 60.0 Å². The van der Waals surface area contributed by atoms with Crippen molar-refractivity contribution < 1.29 is 14.4 Å². The smallest absolute Gasteiger partial charge is 0.248 e. The summed E-state index contributed by atoms with van der Waals surface area (Å²) in [6.45, 7) is 10.9. The first kappa shape index (κ1) is 32.6. The summed E-state index contributed by atoms with van der Waals surface area (Å²) in [6.07, 6.45) is 8.22. The van der Waals surface area contributed by atoms with Crippen LogP contribution in [0.4, 0.5) is 5.82 Å². The van der Waals surface area contributed by atoms with E-state index < -0.39 is 6.04 Å². The van der Waals surface area contributed by atoms with Gasteiger partial charge in [-0.05, 0) is 91.5 Å². The molecule has 1 N–H and O–H groups in total. The lowest BCUT2D eigenvalue weighted by molar-refractivity contribution is -0.138. The van der Waals surface area contributed by atoms with Crippen LogP contribution in [0.5, 0.6) is 0 Å². The molecule has 6 rings (SSSR count). The molecule has 2 aliphatic rings. The molecular weight excluding hydrogens is 660 g/mol. The predicted octanol–water partition coefficient (Wildman–Crippen LogP) is 5.23. The fraction of sp³-hybridized carbons (Fsp3) is 0.400. The minimum Gasteiger partial charge on any atom is -0.325 e. The van der Waals surface area contributed by atoms with Crippen LogP contribution in [-0.2, 0) is 22.6 Å². The molecule has 3 atom stereocenters. The summed E-state index contributed by atoms with van der Waals surface area (Å²) >= 11 is 3.41. The molecule has 12 heteroatoms. The molecule has 0 spiro atoms. The second kappa shape index (κ2) is 13.1. The Morgan fingerprint density at radius 1 is 1.15 bits per heavy atom. The van der Waals surface area contributed by atoms with Gasteiger partial charge in [0.05, 0.1) is 5.52 Å². The van der Waals surface area contributed by atoms with Crippen molar-refractivity contribution >= 4 is 50.2 Å². The number of halogens is 1. The van der Waals surface area contributed by atoms with Crippen LogP contribution in [0.3, 0.4) is 0 Å². The van der Waals surface area contributed by atoms with E-state index in [0.29, 0.717) is 40.0 Å². The number of aromatic nitrogens is 5. The summed E-state index contributed by atoms with van der Waals surface area (Å²) in [5.41, 5.74) is 3.30. The maximum Gasteiger partial charge on any atom is 0.248 e. The van der Waals surface area contributed by atoms with E-state index >= 15 is 0 Å². The topological polar surface area (TPSA) is 126 Å². The van der Waals surface area contributed by atoms with Crippen LogP contribution < -0.4 is 5.32 Å². The Kier molecular flexibility index (Phi) is 9.08. The molecule has 4 aromatic rings. The van der Waals surface area contributed by atoms with Gasteiger partial charge in [0.15, 0.2) is 5.78 Å². The van der Waals surface area contributed by atoms with E-state index in [1.807, 2.05) is 37.3 Å². The highest BCUT2D eigenvalue weighted by molar-refractivity contribution is 9.10. The van der Waals surface area contributed by atoms with Crippen LogP contribution in [-0.4, -0.2) is 84.4 Å². The number of benzene rings is 1. The predicted molar refractivity (Wildman–Crippen MR) is 184 cm³/mol. The average molecular weight is 700 g/mol. The van der Waals surface area contributed by atoms with Gasteiger partial charge >= 0.3 is 0 Å². The van der Waals surface area contributed by atoms with E-state index in [-0.39, 0.29) is 41.3 Å². The molecule has 0 bridgehead atoms. The highest BCUT2D eigenvalue weighted by Crippen LogP contribution is 2.60. The number of hydrogen-bond acceptors (Lipinski definition) is 8. The maximum absolute atomic E-state index is 14.3. The van der Waals surface area contributed by atoms with Crippen LogP contribution in [0.1, 0.15) is 55.0 Å². The third kappa shape index (κ3) is 6.48. The number of likely N-dealkylation sites (tertiary alicyclic amines) is 1. The second-order valence-corrected chi connectivity index (χ2v) is 13.6. The summed E-state index contributed by atoms with van der Waals surface area (Å²) in [4.78, 5) is 58.1. The molecule has 1 aromatic carbocycles. The Balaban J connectivity index is 1.31. The first-order chi connectivity index (χ1) is 22.5. The Morgan fingerprint density at radius 3 is 2.62 bits per heavy atom. The number of carbonyl (C=O) groups is 3. The lowest BCUT2D eigenvalue weighted by Crippen LogP contribution is -2.47. The highest BCUT2D eigenvalue weighted by Gasteiger charge is 2.67. The number of piperidine rings is 1. The molecule has 1 saturated heterocycles. The van der Waals surface area contributed by atoms with Gasteiger partial charge in [-0.3, -0.25) is 19.1 Å². The van der Waals surface area contributed by atoms with Gasteiger partial charge in [0.2, 0.25) is 11.8 Å². The standard InChI is InChI=1S/C35H39BrN8O3/c1-6-8-23-10-12-30(36)39-33(23)40-34(47)28-15-35(20-42(5)13-7-2)16-29(35)44(28)31(46)19-43-27-11-9-24(25-17-37-22(4)38-18-25)14-26(27)32(41-43)21(3)45/h6,9-12,14,17-18,28-29H,1,7-8,13,15-16,19-20H2,2-5H3,(H,39,40,47)/t28-,29+,35-/m0/s1. The zero-order valence-electron chi connectivity index (χ0n) is 27.2. The number of carbonyl (C=O) groups excluding carboxylic acids is 3. The molecule has 2 amide bonds. The van der Waals surface area contributed by atoms with E-state index in [1.165, 1.54) is 6.92 Å². The lowest BCUT2D eigenvalue weighted by Gasteiger charge is -2.27. The number of rotatable bonds is 12. The molecule has 2 fully saturated rings. The fourth-order valence-electron chi connectivity index (χ4n) is 7.02. The van der Waals surface area contributed by atoms with Crippen molar-refractivity contribution in [1.82, 2.24) is 34.5 Å². The summed E-state index contributed by atoms with van der Waals surface area (Å²) in [5.74, 6) is 0.443. The molecule has 4 heterocycles. The van der Waals surface area contributed by atoms with Crippen molar-refractivity contribution in [2.24, 2.45) is 5.41 Å². The summed E-state index contributed by atoms with van der Waals surface area (Å²) in [5, 5.41) is 8.29. The zero-order valence-corrected chi connectivity index (χ0v) is 28.7. The number of allylic oxidation sites excluding steroid dienone is 1. The largest absolute Gasteiger partial charge is 0.325 e. The first-order valence-electron chi connectivity index (χ1n) is 15.9. The number of nitrogens with one attached hydrogen (secondary N) is 1. The van der Waals surface area contributed by atoms with E-state index in [2.05, 4.69) is 66.7 Å². The number of ketones is 1. The Bertz CT molecular complexity index is 1870. The molecule has 1 saturated carbocycles.